The van der Waals surface area contributed by atoms with Crippen LogP contribution in [0, 0.1) is 6.92 Å². The molecule has 0 saturated carbocycles. The second-order valence-electron chi connectivity index (χ2n) is 5.88. The number of fused-ring (bicyclic) bond motifs is 1. The molecule has 3 heterocycles. The van der Waals surface area contributed by atoms with Crippen molar-refractivity contribution in [3.63, 3.8) is 0 Å². The van der Waals surface area contributed by atoms with Gasteiger partial charge in [0.2, 0.25) is 11.8 Å². The molecule has 2 aliphatic heterocycles. The molecule has 1 aromatic heterocycles. The molecule has 5 heteroatoms. The number of aromatic nitrogens is 1. The number of carbonyl (C=O) groups excluding carboxylic acids is 2. The highest BCUT2D eigenvalue weighted by Crippen LogP contribution is 2.29. The third-order valence-corrected chi connectivity index (χ3v) is 4.63. The van der Waals surface area contributed by atoms with Gasteiger partial charge in [-0.1, -0.05) is 6.92 Å². The summed E-state index contributed by atoms with van der Waals surface area (Å²) in [5.74, 6) is 0.224. The summed E-state index contributed by atoms with van der Waals surface area (Å²) in [5, 5.41) is 0. The maximum absolute atomic E-state index is 12.8. The maximum atomic E-state index is 12.8. The summed E-state index contributed by atoms with van der Waals surface area (Å²) in [5.41, 5.74) is 2.12. The Balaban J connectivity index is 1.90. The largest absolute Gasteiger partial charge is 0.329 e. The van der Waals surface area contributed by atoms with Crippen LogP contribution in [-0.2, 0) is 16.1 Å². The maximum Gasteiger partial charge on any atom is 0.246 e. The number of aryl methyl sites for hydroxylation is 1. The van der Waals surface area contributed by atoms with Crippen molar-refractivity contribution < 1.29 is 9.59 Å². The lowest BCUT2D eigenvalue weighted by Crippen LogP contribution is -2.62. The minimum atomic E-state index is -0.320. The SMILES string of the molecule is CCC1C(=O)N2CCCC2C(=O)N1Cc1ccncc1C. The van der Waals surface area contributed by atoms with Gasteiger partial charge in [-0.05, 0) is 43.4 Å². The Hall–Kier alpha value is -1.91. The van der Waals surface area contributed by atoms with E-state index in [2.05, 4.69) is 4.98 Å². The van der Waals surface area contributed by atoms with Crippen LogP contribution in [0.5, 0.6) is 0 Å². The number of pyridine rings is 1. The molecule has 2 unspecified atom stereocenters. The Morgan fingerprint density at radius 2 is 2.14 bits per heavy atom. The van der Waals surface area contributed by atoms with Crippen LogP contribution in [0.1, 0.15) is 37.3 Å². The molecule has 0 radical (unpaired) electrons. The van der Waals surface area contributed by atoms with Gasteiger partial charge >= 0.3 is 0 Å². The van der Waals surface area contributed by atoms with E-state index in [4.69, 9.17) is 0 Å². The highest BCUT2D eigenvalue weighted by atomic mass is 16.2. The van der Waals surface area contributed by atoms with Crippen LogP contribution < -0.4 is 0 Å². The molecule has 0 spiro atoms. The minimum Gasteiger partial charge on any atom is -0.329 e. The predicted octanol–water partition coefficient (Wildman–Crippen LogP) is 1.50. The second kappa shape index (κ2) is 5.47. The number of rotatable bonds is 3. The van der Waals surface area contributed by atoms with Crippen LogP contribution in [0.4, 0.5) is 0 Å². The van der Waals surface area contributed by atoms with E-state index in [1.165, 1.54) is 0 Å². The van der Waals surface area contributed by atoms with Crippen molar-refractivity contribution in [2.24, 2.45) is 0 Å². The van der Waals surface area contributed by atoms with Crippen LogP contribution in [-0.4, -0.2) is 45.2 Å². The number of hydrogen-bond donors (Lipinski definition) is 0. The molecule has 2 saturated heterocycles. The Morgan fingerprint density at radius 3 is 2.86 bits per heavy atom. The first kappa shape index (κ1) is 14.0. The minimum absolute atomic E-state index is 0.107. The van der Waals surface area contributed by atoms with Crippen molar-refractivity contribution in [3.05, 3.63) is 29.6 Å². The van der Waals surface area contributed by atoms with Crippen molar-refractivity contribution in [2.75, 3.05) is 6.54 Å². The van der Waals surface area contributed by atoms with E-state index in [1.807, 2.05) is 19.9 Å². The highest BCUT2D eigenvalue weighted by molar-refractivity contribution is 5.97. The van der Waals surface area contributed by atoms with Gasteiger partial charge in [0.15, 0.2) is 0 Å². The number of hydrogen-bond acceptors (Lipinski definition) is 3. The lowest BCUT2D eigenvalue weighted by molar-refractivity contribution is -0.160. The fourth-order valence-electron chi connectivity index (χ4n) is 3.40. The van der Waals surface area contributed by atoms with Gasteiger partial charge in [-0.25, -0.2) is 0 Å². The van der Waals surface area contributed by atoms with Crippen LogP contribution >= 0.6 is 0 Å². The average molecular weight is 287 g/mol. The Kier molecular flexibility index (Phi) is 3.66. The van der Waals surface area contributed by atoms with Gasteiger partial charge in [0.1, 0.15) is 12.1 Å². The molecule has 112 valence electrons. The van der Waals surface area contributed by atoms with E-state index < -0.39 is 0 Å². The summed E-state index contributed by atoms with van der Waals surface area (Å²) in [4.78, 5) is 33.0. The highest BCUT2D eigenvalue weighted by Gasteiger charge is 2.46. The smallest absolute Gasteiger partial charge is 0.246 e. The molecule has 0 aliphatic carbocycles. The molecule has 0 aromatic carbocycles. The molecule has 3 rings (SSSR count). The summed E-state index contributed by atoms with van der Waals surface area (Å²) in [6.45, 7) is 5.19. The van der Waals surface area contributed by atoms with Crippen LogP contribution in [0.25, 0.3) is 0 Å². The zero-order valence-electron chi connectivity index (χ0n) is 12.6. The van der Waals surface area contributed by atoms with E-state index in [1.54, 1.807) is 22.2 Å². The van der Waals surface area contributed by atoms with E-state index in [9.17, 15) is 9.59 Å². The van der Waals surface area contributed by atoms with Gasteiger partial charge in [-0.3, -0.25) is 14.6 Å². The molecule has 2 fully saturated rings. The van der Waals surface area contributed by atoms with Crippen molar-refractivity contribution >= 4 is 11.8 Å². The Labute approximate surface area is 124 Å². The zero-order valence-corrected chi connectivity index (χ0v) is 12.6. The van der Waals surface area contributed by atoms with Gasteiger partial charge in [-0.2, -0.15) is 0 Å². The van der Waals surface area contributed by atoms with E-state index in [-0.39, 0.29) is 23.9 Å². The zero-order chi connectivity index (χ0) is 15.0. The normalized spacial score (nSPS) is 25.4. The summed E-state index contributed by atoms with van der Waals surface area (Å²) in [6, 6.07) is 1.38. The molecule has 5 nitrogen and oxygen atoms in total. The van der Waals surface area contributed by atoms with E-state index >= 15 is 0 Å². The summed E-state index contributed by atoms with van der Waals surface area (Å²) >= 11 is 0. The van der Waals surface area contributed by atoms with Crippen molar-refractivity contribution in [3.8, 4) is 0 Å². The van der Waals surface area contributed by atoms with Gasteiger partial charge < -0.3 is 9.80 Å². The third kappa shape index (κ3) is 2.30. The van der Waals surface area contributed by atoms with Crippen molar-refractivity contribution in [1.82, 2.24) is 14.8 Å². The standard InChI is InChI=1S/C16H21N3O2/c1-3-13-15(20)18-8-4-5-14(18)16(21)19(13)10-12-6-7-17-9-11(12)2/h6-7,9,13-14H,3-5,8,10H2,1-2H3. The first-order chi connectivity index (χ1) is 10.1. The Morgan fingerprint density at radius 1 is 1.33 bits per heavy atom. The lowest BCUT2D eigenvalue weighted by atomic mass is 10.0. The molecule has 2 atom stereocenters. The second-order valence-corrected chi connectivity index (χ2v) is 5.88. The summed E-state index contributed by atoms with van der Waals surface area (Å²) in [6.07, 6.45) is 5.93. The van der Waals surface area contributed by atoms with E-state index in [0.717, 1.165) is 30.5 Å². The number of carbonyl (C=O) groups is 2. The summed E-state index contributed by atoms with van der Waals surface area (Å²) < 4.78 is 0. The molecule has 0 bridgehead atoms. The van der Waals surface area contributed by atoms with Crippen LogP contribution in [0.15, 0.2) is 18.5 Å². The topological polar surface area (TPSA) is 53.5 Å². The number of piperazine rings is 1. The van der Waals surface area contributed by atoms with Gasteiger partial charge in [0, 0.05) is 25.5 Å². The van der Waals surface area contributed by atoms with Crippen molar-refractivity contribution in [2.45, 2.75) is 51.7 Å². The molecule has 0 N–H and O–H groups in total. The first-order valence-corrected chi connectivity index (χ1v) is 7.64. The predicted molar refractivity (Wildman–Crippen MR) is 78.3 cm³/mol. The van der Waals surface area contributed by atoms with Crippen LogP contribution in [0.2, 0.25) is 0 Å². The van der Waals surface area contributed by atoms with Gasteiger partial charge in [-0.15, -0.1) is 0 Å². The molecule has 1 aromatic rings. The fourth-order valence-corrected chi connectivity index (χ4v) is 3.40. The van der Waals surface area contributed by atoms with E-state index in [0.29, 0.717) is 13.0 Å². The molecule has 21 heavy (non-hydrogen) atoms. The first-order valence-electron chi connectivity index (χ1n) is 7.64. The lowest BCUT2D eigenvalue weighted by Gasteiger charge is -2.42. The third-order valence-electron chi connectivity index (χ3n) is 4.63. The molecule has 2 aliphatic rings. The average Bonchev–Trinajstić information content (AvgIpc) is 2.97. The summed E-state index contributed by atoms with van der Waals surface area (Å²) in [7, 11) is 0. The quantitative estimate of drug-likeness (QED) is 0.846. The number of nitrogens with zero attached hydrogens (tertiary/aromatic N) is 3. The van der Waals surface area contributed by atoms with Gasteiger partial charge in [0.25, 0.3) is 0 Å². The molecule has 2 amide bonds. The Bertz CT molecular complexity index is 572. The molecular formula is C16H21N3O2. The number of amides is 2. The monoisotopic (exact) mass is 287 g/mol. The van der Waals surface area contributed by atoms with Crippen LogP contribution in [0.3, 0.4) is 0 Å². The van der Waals surface area contributed by atoms with Gasteiger partial charge in [0.05, 0.1) is 0 Å². The fraction of sp³-hybridized carbons (Fsp3) is 0.562. The van der Waals surface area contributed by atoms with Crippen molar-refractivity contribution in [1.29, 1.82) is 0 Å². The molecular weight excluding hydrogens is 266 g/mol.